The average Bonchev–Trinajstić information content (AvgIpc) is 3.15. The van der Waals surface area contributed by atoms with Gasteiger partial charge in [0.1, 0.15) is 11.3 Å². The minimum atomic E-state index is -3.36. The smallest absolute Gasteiger partial charge is 0.302 e. The molecule has 4 aromatic rings. The lowest BCUT2D eigenvalue weighted by Gasteiger charge is -2.17. The molecular formula is C23H19FN2O4S. The molecular weight excluding hydrogens is 419 g/mol. The van der Waals surface area contributed by atoms with Crippen molar-refractivity contribution < 1.29 is 22.0 Å². The number of amides is 1. The van der Waals surface area contributed by atoms with Gasteiger partial charge in [-0.2, -0.15) is 4.98 Å². The van der Waals surface area contributed by atoms with Crippen LogP contribution >= 0.6 is 0 Å². The minimum absolute atomic E-state index is 0.0723. The summed E-state index contributed by atoms with van der Waals surface area (Å²) in [6.07, 6.45) is 1.41. The van der Waals surface area contributed by atoms with Crippen molar-refractivity contribution in [2.75, 3.05) is 11.6 Å². The van der Waals surface area contributed by atoms with Crippen LogP contribution in [0.2, 0.25) is 0 Å². The molecule has 1 amide bonds. The molecule has 1 N–H and O–H groups in total. The molecule has 1 aromatic heterocycles. The summed E-state index contributed by atoms with van der Waals surface area (Å²) in [6, 6.07) is 19.2. The number of aromatic nitrogens is 1. The van der Waals surface area contributed by atoms with Crippen LogP contribution in [0.15, 0.2) is 82.1 Å². The first-order valence-corrected chi connectivity index (χ1v) is 11.4. The lowest BCUT2D eigenvalue weighted by atomic mass is 9.91. The molecule has 0 aliphatic rings. The van der Waals surface area contributed by atoms with Crippen LogP contribution in [0.4, 0.5) is 10.4 Å². The molecule has 0 bridgehead atoms. The van der Waals surface area contributed by atoms with E-state index in [9.17, 15) is 17.6 Å². The first-order chi connectivity index (χ1) is 14.8. The van der Waals surface area contributed by atoms with Gasteiger partial charge in [-0.05, 0) is 53.9 Å². The number of nitrogens with zero attached hydrogens (tertiary/aromatic N) is 1. The molecule has 1 unspecified atom stereocenters. The molecule has 6 nitrogen and oxygen atoms in total. The number of oxazole rings is 1. The molecule has 0 saturated carbocycles. The van der Waals surface area contributed by atoms with E-state index in [1.54, 1.807) is 42.5 Å². The van der Waals surface area contributed by atoms with Crippen molar-refractivity contribution in [1.29, 1.82) is 0 Å². The summed E-state index contributed by atoms with van der Waals surface area (Å²) in [7, 11) is -3.36. The van der Waals surface area contributed by atoms with Crippen LogP contribution in [0.1, 0.15) is 17.0 Å². The number of sulfone groups is 1. The standard InChI is InChI=1S/C23H19FN2O4S/c1-31(28,29)18-12-8-16(9-13-18)19(14-15-6-10-17(24)11-7-15)22(27)26-23-25-20-4-2-3-5-21(20)30-23/h2-13,19H,14H2,1H3,(H,25,26,27). The van der Waals surface area contributed by atoms with Gasteiger partial charge in [0.05, 0.1) is 10.8 Å². The number of hydrogen-bond acceptors (Lipinski definition) is 5. The molecule has 3 aromatic carbocycles. The summed E-state index contributed by atoms with van der Waals surface area (Å²) >= 11 is 0. The number of carbonyl (C=O) groups excluding carboxylic acids is 1. The molecule has 0 radical (unpaired) electrons. The normalized spacial score (nSPS) is 12.6. The first kappa shape index (κ1) is 20.7. The number of benzene rings is 3. The predicted octanol–water partition coefficient (Wildman–Crippen LogP) is 4.34. The van der Waals surface area contributed by atoms with Crippen LogP contribution < -0.4 is 5.32 Å². The Labute approximate surface area is 178 Å². The zero-order chi connectivity index (χ0) is 22.0. The van der Waals surface area contributed by atoms with Crippen molar-refractivity contribution in [3.8, 4) is 0 Å². The van der Waals surface area contributed by atoms with Gasteiger partial charge in [-0.25, -0.2) is 12.8 Å². The Balaban J connectivity index is 1.64. The van der Waals surface area contributed by atoms with Crippen molar-refractivity contribution >= 4 is 32.9 Å². The Kier molecular flexibility index (Phi) is 5.56. The van der Waals surface area contributed by atoms with Crippen LogP contribution in [0.25, 0.3) is 11.1 Å². The molecule has 158 valence electrons. The second-order valence-electron chi connectivity index (χ2n) is 7.20. The highest BCUT2D eigenvalue weighted by atomic mass is 32.2. The number of hydrogen-bond donors (Lipinski definition) is 1. The number of para-hydroxylation sites is 2. The van der Waals surface area contributed by atoms with Gasteiger partial charge in [0, 0.05) is 6.26 Å². The van der Waals surface area contributed by atoms with Crippen molar-refractivity contribution in [3.05, 3.63) is 89.7 Å². The van der Waals surface area contributed by atoms with Gasteiger partial charge in [-0.15, -0.1) is 0 Å². The third-order valence-electron chi connectivity index (χ3n) is 4.90. The van der Waals surface area contributed by atoms with Gasteiger partial charge in [-0.1, -0.05) is 36.4 Å². The lowest BCUT2D eigenvalue weighted by Crippen LogP contribution is -2.23. The summed E-state index contributed by atoms with van der Waals surface area (Å²) in [4.78, 5) is 17.6. The molecule has 0 aliphatic heterocycles. The number of halogens is 1. The Morgan fingerprint density at radius 1 is 1.03 bits per heavy atom. The zero-order valence-electron chi connectivity index (χ0n) is 16.6. The van der Waals surface area contributed by atoms with E-state index in [2.05, 4.69) is 10.3 Å². The van der Waals surface area contributed by atoms with Gasteiger partial charge in [0.2, 0.25) is 5.91 Å². The maximum Gasteiger partial charge on any atom is 0.302 e. The Bertz CT molecular complexity index is 1300. The van der Waals surface area contributed by atoms with Gasteiger partial charge >= 0.3 is 6.01 Å². The fraction of sp³-hybridized carbons (Fsp3) is 0.130. The van der Waals surface area contributed by atoms with Crippen LogP contribution in [-0.4, -0.2) is 25.6 Å². The van der Waals surface area contributed by atoms with E-state index in [1.807, 2.05) is 6.07 Å². The Morgan fingerprint density at radius 3 is 2.35 bits per heavy atom. The van der Waals surface area contributed by atoms with Crippen molar-refractivity contribution in [2.24, 2.45) is 0 Å². The van der Waals surface area contributed by atoms with Gasteiger partial charge in [-0.3, -0.25) is 10.1 Å². The van der Waals surface area contributed by atoms with E-state index in [0.29, 0.717) is 16.7 Å². The van der Waals surface area contributed by atoms with E-state index >= 15 is 0 Å². The summed E-state index contributed by atoms with van der Waals surface area (Å²) in [5, 5.41) is 2.70. The monoisotopic (exact) mass is 438 g/mol. The van der Waals surface area contributed by atoms with E-state index in [4.69, 9.17) is 4.42 Å². The number of rotatable bonds is 6. The molecule has 0 spiro atoms. The first-order valence-electron chi connectivity index (χ1n) is 9.50. The SMILES string of the molecule is CS(=O)(=O)c1ccc(C(Cc2ccc(F)cc2)C(=O)Nc2nc3ccccc3o2)cc1. The van der Waals surface area contributed by atoms with E-state index in [0.717, 1.165) is 11.8 Å². The topological polar surface area (TPSA) is 89.3 Å². The average molecular weight is 438 g/mol. The maximum absolute atomic E-state index is 13.3. The predicted molar refractivity (Wildman–Crippen MR) is 115 cm³/mol. The lowest BCUT2D eigenvalue weighted by molar-refractivity contribution is -0.117. The van der Waals surface area contributed by atoms with Crippen LogP contribution in [0.3, 0.4) is 0 Å². The second kappa shape index (κ2) is 8.31. The summed E-state index contributed by atoms with van der Waals surface area (Å²) in [5.41, 5.74) is 2.53. The summed E-state index contributed by atoms with van der Waals surface area (Å²) in [6.45, 7) is 0. The minimum Gasteiger partial charge on any atom is -0.423 e. The molecule has 0 saturated heterocycles. The largest absolute Gasteiger partial charge is 0.423 e. The number of fused-ring (bicyclic) bond motifs is 1. The highest BCUT2D eigenvalue weighted by Crippen LogP contribution is 2.26. The highest BCUT2D eigenvalue weighted by Gasteiger charge is 2.24. The van der Waals surface area contributed by atoms with E-state index in [1.165, 1.54) is 24.3 Å². The third kappa shape index (κ3) is 4.80. The quantitative estimate of drug-likeness (QED) is 0.484. The molecule has 1 heterocycles. The number of anilines is 1. The fourth-order valence-electron chi connectivity index (χ4n) is 3.28. The van der Waals surface area contributed by atoms with Crippen molar-refractivity contribution in [2.45, 2.75) is 17.2 Å². The van der Waals surface area contributed by atoms with E-state index < -0.39 is 15.8 Å². The zero-order valence-corrected chi connectivity index (χ0v) is 17.4. The number of carbonyl (C=O) groups is 1. The Morgan fingerprint density at radius 2 is 1.71 bits per heavy atom. The second-order valence-corrected chi connectivity index (χ2v) is 9.22. The van der Waals surface area contributed by atoms with Gasteiger partial charge in [0.15, 0.2) is 15.4 Å². The van der Waals surface area contributed by atoms with Gasteiger partial charge in [0.25, 0.3) is 0 Å². The Hall–Kier alpha value is -3.52. The van der Waals surface area contributed by atoms with Gasteiger partial charge < -0.3 is 4.42 Å². The third-order valence-corrected chi connectivity index (χ3v) is 6.03. The molecule has 31 heavy (non-hydrogen) atoms. The van der Waals surface area contributed by atoms with E-state index in [-0.39, 0.29) is 29.1 Å². The molecule has 0 aliphatic carbocycles. The fourth-order valence-corrected chi connectivity index (χ4v) is 3.91. The van der Waals surface area contributed by atoms with Crippen molar-refractivity contribution in [3.63, 3.8) is 0 Å². The molecule has 1 atom stereocenters. The van der Waals surface area contributed by atoms with Crippen LogP contribution in [0, 0.1) is 5.82 Å². The maximum atomic E-state index is 13.3. The van der Waals surface area contributed by atoms with Crippen LogP contribution in [0.5, 0.6) is 0 Å². The molecule has 8 heteroatoms. The molecule has 4 rings (SSSR count). The highest BCUT2D eigenvalue weighted by molar-refractivity contribution is 7.90. The summed E-state index contributed by atoms with van der Waals surface area (Å²) in [5.74, 6) is -1.41. The van der Waals surface area contributed by atoms with Crippen LogP contribution in [-0.2, 0) is 21.1 Å². The number of nitrogens with one attached hydrogen (secondary N) is 1. The van der Waals surface area contributed by atoms with Crippen molar-refractivity contribution in [1.82, 2.24) is 4.98 Å². The summed E-state index contributed by atoms with van der Waals surface area (Å²) < 4.78 is 42.4. The molecule has 0 fully saturated rings.